The molecule has 12 aromatic rings. The lowest BCUT2D eigenvalue weighted by Crippen LogP contribution is -2.04. The summed E-state index contributed by atoms with van der Waals surface area (Å²) in [7, 11) is 0. The fourth-order valence-electron chi connectivity index (χ4n) is 10.5. The van der Waals surface area contributed by atoms with Crippen LogP contribution in [-0.4, -0.2) is 70.8 Å². The molecule has 0 N–H and O–H groups in total. The van der Waals surface area contributed by atoms with Crippen molar-refractivity contribution in [3.05, 3.63) is 247 Å². The Kier molecular flexibility index (Phi) is 46.6. The van der Waals surface area contributed by atoms with E-state index in [0.29, 0.717) is 60.4 Å². The van der Waals surface area contributed by atoms with Gasteiger partial charge in [0, 0.05) is 193 Å². The maximum atomic E-state index is 4.37. The normalized spacial score (nSPS) is 10.5. The molecule has 15 nitrogen and oxygen atoms in total. The molecule has 0 radical (unpaired) electrons. The molecule has 0 aliphatic carbocycles. The molecule has 104 heavy (non-hydrogen) atoms. The predicted molar refractivity (Wildman–Crippen MR) is 453 cm³/mol. The number of benzene rings is 2. The van der Waals surface area contributed by atoms with Crippen molar-refractivity contribution in [2.24, 2.45) is 0 Å². The number of hydrogen-bond acceptors (Lipinski definition) is 5. The highest BCUT2D eigenvalue weighted by molar-refractivity contribution is 9.10. The first-order valence-electron chi connectivity index (χ1n) is 38.3. The molecule has 2 aromatic carbocycles. The number of imidazole rings is 3. The summed E-state index contributed by atoms with van der Waals surface area (Å²) in [6.07, 6.45) is 37.2. The second-order valence-corrected chi connectivity index (χ2v) is 28.8. The first-order chi connectivity index (χ1) is 49.4. The van der Waals surface area contributed by atoms with E-state index in [4.69, 9.17) is 0 Å². The van der Waals surface area contributed by atoms with Crippen LogP contribution in [0.1, 0.15) is 281 Å². The summed E-state index contributed by atoms with van der Waals surface area (Å²) in [6.45, 7) is 64.2. The van der Waals surface area contributed by atoms with Crippen LogP contribution in [0.5, 0.6) is 0 Å². The maximum Gasteiger partial charge on any atom is 0.140 e. The van der Waals surface area contributed by atoms with Crippen molar-refractivity contribution in [2.45, 2.75) is 287 Å². The van der Waals surface area contributed by atoms with Gasteiger partial charge in [-0.15, -0.1) is 0 Å². The van der Waals surface area contributed by atoms with Gasteiger partial charge in [-0.3, -0.25) is 4.68 Å². The van der Waals surface area contributed by atoms with Gasteiger partial charge in [0.15, 0.2) is 0 Å². The van der Waals surface area contributed by atoms with Crippen LogP contribution in [0.4, 0.5) is 0 Å². The van der Waals surface area contributed by atoms with E-state index in [9.17, 15) is 0 Å². The molecule has 0 bridgehead atoms. The average Bonchev–Trinajstić information content (AvgIpc) is 1.68. The second kappa shape index (κ2) is 51.7. The number of aromatic nitrogens is 15. The summed E-state index contributed by atoms with van der Waals surface area (Å²) >= 11 is 3.38. The Morgan fingerprint density at radius 3 is 1.24 bits per heavy atom. The van der Waals surface area contributed by atoms with Crippen LogP contribution in [-0.2, 0) is 12.8 Å². The van der Waals surface area contributed by atoms with E-state index in [2.05, 4.69) is 391 Å². The Balaban J connectivity index is 0.000000577. The molecule has 0 spiro atoms. The van der Waals surface area contributed by atoms with Crippen molar-refractivity contribution in [1.29, 1.82) is 0 Å². The molecular formula is C88H140BrN15. The zero-order valence-corrected chi connectivity index (χ0v) is 71.7. The van der Waals surface area contributed by atoms with E-state index in [1.54, 1.807) is 17.3 Å². The standard InChI is InChI=1S/C12H14N2.C11H13N.C9H16N2.C9H15N.C8H14N2.2C8H13N.C7H10BrN.C7H11N.C5H9N3.2C2H6/c1-10(2)14-9-8-13-12(14)11-6-4-3-5-7-11;1-9(2)12-8-7-10-5-3-4-6-11(10)12;1-4-5-9-10-6-7-11(9)8(2)3;1-7(2)10-6-8(3)5-9(10)4;1-4-8-9-5-6-10(8)7(2)3;1-7(2)9-5-4-8(3)6-9;1-7(2)9-6-4-5-8(9)3;1-6(2)9-4-3-7(8)5-9;1-7(2)8-5-3-4-6-8;1-5(2)8-4-6-3-7-8;2*1-2/h3-10H,1-2H3;3-9H,1-2H3;6-8H,4-5H2,1-3H3;5-7H,1-4H3;5-7H,4H2,1-3H3;2*4-7H,1-3H3;3-6H,1-2H3;3-7H,1-2H3;3-5H,1-2H3;2*1-2H3. The van der Waals surface area contributed by atoms with E-state index in [-0.39, 0.29) is 0 Å². The molecular weight excluding hydrogens is 1350 g/mol. The molecule has 10 aromatic heterocycles. The first-order valence-corrected chi connectivity index (χ1v) is 39.1. The molecule has 16 heteroatoms. The highest BCUT2D eigenvalue weighted by Gasteiger charge is 2.09. The summed E-state index contributed by atoms with van der Waals surface area (Å²) < 4.78 is 22.9. The molecule has 0 aliphatic rings. The van der Waals surface area contributed by atoms with Crippen molar-refractivity contribution < 1.29 is 0 Å². The van der Waals surface area contributed by atoms with E-state index < -0.39 is 0 Å². The third-order valence-electron chi connectivity index (χ3n) is 16.1. The van der Waals surface area contributed by atoms with Crippen molar-refractivity contribution in [1.82, 2.24) is 70.8 Å². The van der Waals surface area contributed by atoms with Crippen molar-refractivity contribution in [3.63, 3.8) is 0 Å². The minimum absolute atomic E-state index is 0.428. The first kappa shape index (κ1) is 93.6. The fourth-order valence-corrected chi connectivity index (χ4v) is 10.9. The Morgan fingerprint density at radius 1 is 0.375 bits per heavy atom. The molecule has 0 fully saturated rings. The summed E-state index contributed by atoms with van der Waals surface area (Å²) in [5.41, 5.74) is 7.88. The number of hydrogen-bond donors (Lipinski definition) is 0. The van der Waals surface area contributed by atoms with Gasteiger partial charge in [0.05, 0.1) is 0 Å². The van der Waals surface area contributed by atoms with Crippen LogP contribution in [0.3, 0.4) is 0 Å². The van der Waals surface area contributed by atoms with Crippen LogP contribution >= 0.6 is 15.9 Å². The topological polar surface area (TPSA) is 114 Å². The lowest BCUT2D eigenvalue weighted by atomic mass is 10.2. The minimum Gasteiger partial charge on any atom is -0.352 e. The van der Waals surface area contributed by atoms with E-state index in [1.807, 2.05) is 95.1 Å². The van der Waals surface area contributed by atoms with Crippen molar-refractivity contribution in [2.75, 3.05) is 0 Å². The number of nitrogens with zero attached hydrogens (tertiary/aromatic N) is 15. The Bertz CT molecular complexity index is 3870. The summed E-state index contributed by atoms with van der Waals surface area (Å²) in [5.74, 6) is 3.43. The lowest BCUT2D eigenvalue weighted by Gasteiger charge is -2.10. The molecule has 0 aliphatic heterocycles. The van der Waals surface area contributed by atoms with Gasteiger partial charge >= 0.3 is 0 Å². The Labute approximate surface area is 640 Å². The lowest BCUT2D eigenvalue weighted by molar-refractivity contribution is 0.531. The number of halogens is 1. The summed E-state index contributed by atoms with van der Waals surface area (Å²) in [4.78, 5) is 16.7. The third-order valence-corrected chi connectivity index (χ3v) is 16.5. The van der Waals surface area contributed by atoms with E-state index in [0.717, 1.165) is 23.1 Å². The van der Waals surface area contributed by atoms with Crippen molar-refractivity contribution >= 4 is 26.8 Å². The van der Waals surface area contributed by atoms with Gasteiger partial charge in [-0.05, 0) is 260 Å². The van der Waals surface area contributed by atoms with Crippen LogP contribution < -0.4 is 0 Å². The van der Waals surface area contributed by atoms with Gasteiger partial charge in [-0.2, -0.15) is 5.10 Å². The molecule has 0 saturated carbocycles. The quantitative estimate of drug-likeness (QED) is 0.108. The molecule has 0 amide bonds. The number of aryl methyl sites for hydroxylation is 6. The van der Waals surface area contributed by atoms with Crippen LogP contribution in [0, 0.1) is 27.7 Å². The Morgan fingerprint density at radius 2 is 0.875 bits per heavy atom. The summed E-state index contributed by atoms with van der Waals surface area (Å²) in [6, 6.07) is 41.0. The Hall–Kier alpha value is -8.37. The number of fused-ring (bicyclic) bond motifs is 1. The van der Waals surface area contributed by atoms with Crippen LogP contribution in [0.2, 0.25) is 0 Å². The van der Waals surface area contributed by atoms with Crippen molar-refractivity contribution in [3.8, 4) is 11.4 Å². The largest absolute Gasteiger partial charge is 0.352 e. The molecule has 0 unspecified atom stereocenters. The molecule has 0 saturated heterocycles. The fraction of sp³-hybridized carbons (Fsp3) is 0.489. The van der Waals surface area contributed by atoms with Crippen LogP contribution in [0.15, 0.2) is 213 Å². The SMILES string of the molecule is CC.CC.CC(C)n1ccc(Br)c1.CC(C)n1ccc2ccccc21.CC(C)n1cccc1.CC(C)n1ccnc1-c1ccccc1.CC(C)n1cncn1.CCCc1nccn1C(C)C.CCc1nccn1C(C)C.Cc1cc(C)n(C(C)C)c1.Cc1cccn1C(C)C.Cc1ccn(C(C)C)c1. The van der Waals surface area contributed by atoms with E-state index >= 15 is 0 Å². The molecule has 10 heterocycles. The summed E-state index contributed by atoms with van der Waals surface area (Å²) in [5, 5.41) is 5.25. The third kappa shape index (κ3) is 34.5. The number of rotatable bonds is 14. The van der Waals surface area contributed by atoms with Gasteiger partial charge < -0.3 is 41.1 Å². The highest BCUT2D eigenvalue weighted by atomic mass is 79.9. The van der Waals surface area contributed by atoms with E-state index in [1.165, 1.54) is 57.1 Å². The van der Waals surface area contributed by atoms with Gasteiger partial charge in [0.25, 0.3) is 0 Å². The smallest absolute Gasteiger partial charge is 0.140 e. The minimum atomic E-state index is 0.428. The predicted octanol–water partition coefficient (Wildman–Crippen LogP) is 26.0. The molecule has 0 atom stereocenters. The number of para-hydroxylation sites is 1. The zero-order chi connectivity index (χ0) is 78.6. The molecule has 574 valence electrons. The maximum absolute atomic E-state index is 4.37. The van der Waals surface area contributed by atoms with Gasteiger partial charge in [0.1, 0.15) is 30.1 Å². The molecule has 12 rings (SSSR count). The highest BCUT2D eigenvalue weighted by Crippen LogP contribution is 2.22. The van der Waals surface area contributed by atoms with Gasteiger partial charge in [0.2, 0.25) is 0 Å². The van der Waals surface area contributed by atoms with Gasteiger partial charge in [-0.25, -0.2) is 19.9 Å². The van der Waals surface area contributed by atoms with Crippen LogP contribution in [0.25, 0.3) is 22.3 Å². The zero-order valence-electron chi connectivity index (χ0n) is 70.1. The van der Waals surface area contributed by atoms with Gasteiger partial charge in [-0.1, -0.05) is 90.1 Å². The average molecular weight is 1490 g/mol. The second-order valence-electron chi connectivity index (χ2n) is 27.9. The monoisotopic (exact) mass is 1490 g/mol.